The molecule has 1 amide bonds. The van der Waals surface area contributed by atoms with Crippen molar-refractivity contribution < 1.29 is 17.9 Å². The van der Waals surface area contributed by atoms with Gasteiger partial charge in [-0.25, -0.2) is 14.7 Å². The number of fused-ring (bicyclic) bond motifs is 5. The van der Waals surface area contributed by atoms with Crippen LogP contribution in [0.25, 0.3) is 33.8 Å². The number of amides is 1. The van der Waals surface area contributed by atoms with Gasteiger partial charge in [-0.3, -0.25) is 4.79 Å². The number of nitrogens with zero attached hydrogens (tertiary/aromatic N) is 5. The number of ether oxygens (including phenoxy) is 1. The fourth-order valence-corrected chi connectivity index (χ4v) is 6.87. The molecule has 11 heteroatoms. The monoisotopic (exact) mass is 614 g/mol. The van der Waals surface area contributed by atoms with Crippen molar-refractivity contribution >= 4 is 44.5 Å². The summed E-state index contributed by atoms with van der Waals surface area (Å²) in [5, 5.41) is 1.07. The van der Waals surface area contributed by atoms with Crippen LogP contribution in [-0.4, -0.2) is 68.5 Å². The quantitative estimate of drug-likeness (QED) is 0.300. The molecular weight excluding hydrogens is 576 g/mol. The molecule has 2 aliphatic rings. The molecule has 6 rings (SSSR count). The van der Waals surface area contributed by atoms with Crippen molar-refractivity contribution in [1.29, 1.82) is 0 Å². The molecule has 10 nitrogen and oxygen atoms in total. The smallest absolute Gasteiger partial charge is 0.303 e. The molecule has 1 aliphatic carbocycles. The van der Waals surface area contributed by atoms with Gasteiger partial charge < -0.3 is 14.2 Å². The van der Waals surface area contributed by atoms with E-state index in [1.807, 2.05) is 49.3 Å². The standard InChI is InChI=1S/C33H38N6O4S/c1-37(2)29-15-16-34-32(35-29)24-17-23-18-25(43-5)12-14-26(23)31-30(21-9-7-6-8-10-21)27-13-11-22(19-28(27)39(31)20-24)33(40)36-44(41,42)38(3)4/h11-19,21H,6-10,20H2,1-5H3,(H,36,40). The minimum absolute atomic E-state index is 0.272. The van der Waals surface area contributed by atoms with Gasteiger partial charge in [-0.1, -0.05) is 25.3 Å². The summed E-state index contributed by atoms with van der Waals surface area (Å²) >= 11 is 0. The number of rotatable bonds is 7. The van der Waals surface area contributed by atoms with E-state index in [0.29, 0.717) is 18.3 Å². The Morgan fingerprint density at radius 2 is 1.80 bits per heavy atom. The molecule has 1 aliphatic heterocycles. The number of carbonyl (C=O) groups is 1. The first-order valence-electron chi connectivity index (χ1n) is 14.9. The molecule has 44 heavy (non-hydrogen) atoms. The number of methoxy groups -OCH3 is 1. The molecule has 0 saturated heterocycles. The van der Waals surface area contributed by atoms with Crippen LogP contribution < -0.4 is 14.4 Å². The normalized spacial score (nSPS) is 15.4. The lowest BCUT2D eigenvalue weighted by Crippen LogP contribution is -2.39. The Bertz CT molecular complexity index is 1890. The first kappa shape index (κ1) is 29.8. The van der Waals surface area contributed by atoms with Crippen molar-refractivity contribution in [3.8, 4) is 17.0 Å². The van der Waals surface area contributed by atoms with Gasteiger partial charge >= 0.3 is 10.2 Å². The van der Waals surface area contributed by atoms with E-state index in [0.717, 1.165) is 62.0 Å². The van der Waals surface area contributed by atoms with Gasteiger partial charge in [0.2, 0.25) is 0 Å². The van der Waals surface area contributed by atoms with E-state index >= 15 is 0 Å². The number of hydrogen-bond donors (Lipinski definition) is 1. The summed E-state index contributed by atoms with van der Waals surface area (Å²) in [5.41, 5.74) is 6.52. The summed E-state index contributed by atoms with van der Waals surface area (Å²) in [4.78, 5) is 24.7. The lowest BCUT2D eigenvalue weighted by molar-refractivity contribution is 0.0980. The van der Waals surface area contributed by atoms with Crippen LogP contribution in [0.3, 0.4) is 0 Å². The number of aromatic nitrogens is 3. The molecule has 1 fully saturated rings. The van der Waals surface area contributed by atoms with Gasteiger partial charge in [0.25, 0.3) is 5.91 Å². The molecular formula is C33H38N6O4S. The van der Waals surface area contributed by atoms with Crippen LogP contribution in [0.5, 0.6) is 5.75 Å². The zero-order valence-corrected chi connectivity index (χ0v) is 26.6. The highest BCUT2D eigenvalue weighted by Crippen LogP contribution is 2.47. The second kappa shape index (κ2) is 11.7. The molecule has 1 N–H and O–H groups in total. The molecule has 1 saturated carbocycles. The lowest BCUT2D eigenvalue weighted by Gasteiger charge is -2.24. The van der Waals surface area contributed by atoms with Crippen molar-refractivity contribution in [2.24, 2.45) is 0 Å². The molecule has 0 spiro atoms. The maximum absolute atomic E-state index is 13.2. The molecule has 3 heterocycles. The molecule has 2 aromatic heterocycles. The summed E-state index contributed by atoms with van der Waals surface area (Å²) in [7, 11) is 4.38. The summed E-state index contributed by atoms with van der Waals surface area (Å²) in [5.74, 6) is 1.86. The maximum Gasteiger partial charge on any atom is 0.303 e. The average molecular weight is 615 g/mol. The summed E-state index contributed by atoms with van der Waals surface area (Å²) < 4.78 is 36.0. The highest BCUT2D eigenvalue weighted by molar-refractivity contribution is 7.87. The van der Waals surface area contributed by atoms with Gasteiger partial charge in [0.15, 0.2) is 5.82 Å². The third kappa shape index (κ3) is 5.46. The summed E-state index contributed by atoms with van der Waals surface area (Å²) in [6.45, 7) is 0.466. The van der Waals surface area contributed by atoms with Crippen molar-refractivity contribution in [1.82, 2.24) is 23.6 Å². The van der Waals surface area contributed by atoms with E-state index in [9.17, 15) is 13.2 Å². The van der Waals surface area contributed by atoms with Gasteiger partial charge in [-0.05, 0) is 72.4 Å². The van der Waals surface area contributed by atoms with E-state index < -0.39 is 16.1 Å². The van der Waals surface area contributed by atoms with Crippen LogP contribution in [0, 0.1) is 0 Å². The zero-order chi connectivity index (χ0) is 31.2. The molecule has 0 atom stereocenters. The van der Waals surface area contributed by atoms with Crippen LogP contribution in [0.15, 0.2) is 48.7 Å². The van der Waals surface area contributed by atoms with Gasteiger partial charge in [-0.15, -0.1) is 0 Å². The van der Waals surface area contributed by atoms with E-state index in [4.69, 9.17) is 9.72 Å². The van der Waals surface area contributed by atoms with E-state index in [-0.39, 0.29) is 5.56 Å². The number of benzene rings is 2. The SMILES string of the molecule is COc1ccc2c(c1)C=C(c1nccc(N(C)C)n1)Cn1c-2c(C2CCCCC2)c2ccc(C(=O)NS(=O)(=O)N(C)C)cc21. The maximum atomic E-state index is 13.2. The molecule has 0 bridgehead atoms. The third-order valence-corrected chi connectivity index (χ3v) is 10.0. The minimum atomic E-state index is -3.95. The molecule has 4 aromatic rings. The minimum Gasteiger partial charge on any atom is -0.497 e. The van der Waals surface area contributed by atoms with Gasteiger partial charge in [0.05, 0.1) is 19.3 Å². The van der Waals surface area contributed by atoms with Gasteiger partial charge in [0.1, 0.15) is 11.6 Å². The second-order valence-electron chi connectivity index (χ2n) is 11.9. The largest absolute Gasteiger partial charge is 0.497 e. The van der Waals surface area contributed by atoms with E-state index in [1.165, 1.54) is 38.9 Å². The average Bonchev–Trinajstić information content (AvgIpc) is 3.23. The van der Waals surface area contributed by atoms with Gasteiger partial charge in [0, 0.05) is 62.0 Å². The predicted octanol–water partition coefficient (Wildman–Crippen LogP) is 5.31. The Hall–Kier alpha value is -4.22. The highest BCUT2D eigenvalue weighted by atomic mass is 32.2. The van der Waals surface area contributed by atoms with Crippen LogP contribution in [-0.2, 0) is 16.8 Å². The number of nitrogens with one attached hydrogen (secondary N) is 1. The van der Waals surface area contributed by atoms with Crippen LogP contribution in [0.2, 0.25) is 0 Å². The van der Waals surface area contributed by atoms with Crippen LogP contribution in [0.1, 0.15) is 65.3 Å². The Kier molecular flexibility index (Phi) is 7.93. The fourth-order valence-electron chi connectivity index (χ4n) is 6.34. The summed E-state index contributed by atoms with van der Waals surface area (Å²) in [6, 6.07) is 13.5. The lowest BCUT2D eigenvalue weighted by atomic mass is 9.81. The van der Waals surface area contributed by atoms with Gasteiger partial charge in [-0.2, -0.15) is 12.7 Å². The third-order valence-electron chi connectivity index (χ3n) is 8.64. The Morgan fingerprint density at radius 1 is 1.02 bits per heavy atom. The van der Waals surface area contributed by atoms with E-state index in [2.05, 4.69) is 26.4 Å². The molecule has 0 radical (unpaired) electrons. The summed E-state index contributed by atoms with van der Waals surface area (Å²) in [6.07, 6.45) is 9.66. The highest BCUT2D eigenvalue weighted by Gasteiger charge is 2.30. The number of carbonyl (C=O) groups excluding carboxylic acids is 1. The predicted molar refractivity (Wildman–Crippen MR) is 174 cm³/mol. The molecule has 2 aromatic carbocycles. The van der Waals surface area contributed by atoms with Crippen molar-refractivity contribution in [3.63, 3.8) is 0 Å². The van der Waals surface area contributed by atoms with Crippen LogP contribution >= 0.6 is 0 Å². The zero-order valence-electron chi connectivity index (χ0n) is 25.8. The van der Waals surface area contributed by atoms with Crippen LogP contribution in [0.4, 0.5) is 5.82 Å². The van der Waals surface area contributed by atoms with Crippen molar-refractivity contribution in [2.75, 3.05) is 40.2 Å². The number of hydrogen-bond acceptors (Lipinski definition) is 7. The number of anilines is 1. The molecule has 230 valence electrons. The second-order valence-corrected chi connectivity index (χ2v) is 13.8. The molecule has 0 unspecified atom stereocenters. The Morgan fingerprint density at radius 3 is 2.50 bits per heavy atom. The Labute approximate surface area is 258 Å². The topological polar surface area (TPSA) is 110 Å². The first-order valence-corrected chi connectivity index (χ1v) is 16.3. The number of allylic oxidation sites excluding steroid dienone is 1. The fraction of sp³-hybridized carbons (Fsp3) is 0.364. The van der Waals surface area contributed by atoms with Crippen molar-refractivity contribution in [2.45, 2.75) is 44.6 Å². The van der Waals surface area contributed by atoms with Crippen molar-refractivity contribution in [3.05, 3.63) is 71.2 Å². The van der Waals surface area contributed by atoms with E-state index in [1.54, 1.807) is 19.4 Å². The first-order chi connectivity index (χ1) is 21.1. The Balaban J connectivity index is 1.61.